The summed E-state index contributed by atoms with van der Waals surface area (Å²) in [7, 11) is 0. The molecule has 2 heterocycles. The van der Waals surface area contributed by atoms with Crippen LogP contribution in [0.25, 0.3) is 0 Å². The Kier molecular flexibility index (Phi) is 2.78. The lowest BCUT2D eigenvalue weighted by Gasteiger charge is -2.07. The quantitative estimate of drug-likeness (QED) is 0.738. The average molecular weight is 270 g/mol. The monoisotopic (exact) mass is 270 g/mol. The molecular weight excluding hydrogens is 256 g/mol. The fraction of sp³-hybridized carbons (Fsp3) is 0.214. The van der Waals surface area contributed by atoms with E-state index in [1.54, 1.807) is 18.2 Å². The highest BCUT2D eigenvalue weighted by molar-refractivity contribution is 6.21. The van der Waals surface area contributed by atoms with Gasteiger partial charge < -0.3 is 5.32 Å². The van der Waals surface area contributed by atoms with Gasteiger partial charge >= 0.3 is 0 Å². The summed E-state index contributed by atoms with van der Waals surface area (Å²) < 4.78 is 0. The van der Waals surface area contributed by atoms with Crippen molar-refractivity contribution in [3.63, 3.8) is 0 Å². The summed E-state index contributed by atoms with van der Waals surface area (Å²) in [6.45, 7) is 4.52. The highest BCUT2D eigenvalue weighted by atomic mass is 16.2. The molecule has 1 aliphatic rings. The Hall–Kier alpha value is -2.63. The lowest BCUT2D eigenvalue weighted by Crippen LogP contribution is -2.19. The molecule has 1 aromatic carbocycles. The third-order valence-electron chi connectivity index (χ3n) is 3.49. The maximum atomic E-state index is 11.6. The van der Waals surface area contributed by atoms with Crippen LogP contribution in [0.3, 0.4) is 0 Å². The molecule has 2 amide bonds. The van der Waals surface area contributed by atoms with E-state index in [4.69, 9.17) is 0 Å². The number of hydrogen-bond acceptors (Lipinski definition) is 4. The maximum absolute atomic E-state index is 11.6. The molecule has 0 atom stereocenters. The number of rotatable bonds is 3. The zero-order chi connectivity index (χ0) is 14.3. The van der Waals surface area contributed by atoms with Crippen LogP contribution in [0.2, 0.25) is 0 Å². The Morgan fingerprint density at radius 2 is 1.90 bits per heavy atom. The number of aryl methyl sites for hydroxylation is 2. The maximum Gasteiger partial charge on any atom is 0.259 e. The molecule has 0 saturated heterocycles. The van der Waals surface area contributed by atoms with Crippen LogP contribution in [0.1, 0.15) is 37.7 Å². The Bertz CT molecular complexity index is 698. The molecule has 6 nitrogen and oxygen atoms in total. The van der Waals surface area contributed by atoms with Gasteiger partial charge in [0, 0.05) is 23.5 Å². The number of nitrogens with one attached hydrogen (secondary N) is 3. The van der Waals surface area contributed by atoms with E-state index in [1.807, 2.05) is 13.8 Å². The normalized spacial score (nSPS) is 13.3. The SMILES string of the molecule is Cc1n[nH]c(C)c1CNc1ccc2c(c1)C(=O)NC2=O. The van der Waals surface area contributed by atoms with Gasteiger partial charge in [0.2, 0.25) is 0 Å². The fourth-order valence-electron chi connectivity index (χ4n) is 2.30. The number of anilines is 1. The number of nitrogens with zero attached hydrogens (tertiary/aromatic N) is 1. The van der Waals surface area contributed by atoms with Gasteiger partial charge in [-0.25, -0.2) is 0 Å². The van der Waals surface area contributed by atoms with Gasteiger partial charge in [-0.3, -0.25) is 20.0 Å². The van der Waals surface area contributed by atoms with Crippen LogP contribution in [-0.2, 0) is 6.54 Å². The molecule has 6 heteroatoms. The number of aromatic amines is 1. The van der Waals surface area contributed by atoms with Crippen LogP contribution in [0.5, 0.6) is 0 Å². The van der Waals surface area contributed by atoms with Crippen molar-refractivity contribution >= 4 is 17.5 Å². The van der Waals surface area contributed by atoms with Crippen LogP contribution in [-0.4, -0.2) is 22.0 Å². The van der Waals surface area contributed by atoms with E-state index >= 15 is 0 Å². The number of hydrogen-bond donors (Lipinski definition) is 3. The van der Waals surface area contributed by atoms with E-state index in [9.17, 15) is 9.59 Å². The minimum Gasteiger partial charge on any atom is -0.381 e. The standard InChI is InChI=1S/C14H14N4O2/c1-7-12(8(2)18-17-7)6-15-9-3-4-10-11(5-9)14(20)16-13(10)19/h3-5,15H,6H2,1-2H3,(H,17,18)(H,16,19,20). The van der Waals surface area contributed by atoms with Crippen LogP contribution in [0.4, 0.5) is 5.69 Å². The Labute approximate surface area is 115 Å². The first-order chi connectivity index (χ1) is 9.56. The summed E-state index contributed by atoms with van der Waals surface area (Å²) >= 11 is 0. The van der Waals surface area contributed by atoms with E-state index in [2.05, 4.69) is 20.8 Å². The van der Waals surface area contributed by atoms with Gasteiger partial charge in [-0.1, -0.05) is 0 Å². The Balaban J connectivity index is 1.81. The van der Waals surface area contributed by atoms with Crippen molar-refractivity contribution in [3.8, 4) is 0 Å². The summed E-state index contributed by atoms with van der Waals surface area (Å²) in [4.78, 5) is 23.1. The number of aromatic nitrogens is 2. The molecule has 0 fully saturated rings. The summed E-state index contributed by atoms with van der Waals surface area (Å²) in [6, 6.07) is 5.15. The van der Waals surface area contributed by atoms with Gasteiger partial charge in [0.25, 0.3) is 11.8 Å². The molecular formula is C14H14N4O2. The van der Waals surface area contributed by atoms with Gasteiger partial charge in [-0.2, -0.15) is 5.10 Å². The zero-order valence-corrected chi connectivity index (χ0v) is 11.2. The molecule has 0 spiro atoms. The number of imide groups is 1. The van der Waals surface area contributed by atoms with Crippen LogP contribution in [0, 0.1) is 13.8 Å². The van der Waals surface area contributed by atoms with E-state index < -0.39 is 0 Å². The largest absolute Gasteiger partial charge is 0.381 e. The highest BCUT2D eigenvalue weighted by Crippen LogP contribution is 2.21. The van der Waals surface area contributed by atoms with Crippen molar-refractivity contribution in [3.05, 3.63) is 46.3 Å². The number of benzene rings is 1. The summed E-state index contributed by atoms with van der Waals surface area (Å²) in [5.41, 5.74) is 4.71. The molecule has 1 aromatic heterocycles. The molecule has 0 bridgehead atoms. The smallest absolute Gasteiger partial charge is 0.259 e. The first kappa shape index (κ1) is 12.4. The lowest BCUT2D eigenvalue weighted by molar-refractivity contribution is 0.0879. The Morgan fingerprint density at radius 3 is 2.60 bits per heavy atom. The third-order valence-corrected chi connectivity index (χ3v) is 3.49. The second-order valence-corrected chi connectivity index (χ2v) is 4.81. The fourth-order valence-corrected chi connectivity index (χ4v) is 2.30. The van der Waals surface area contributed by atoms with Crippen LogP contribution >= 0.6 is 0 Å². The minimum atomic E-state index is -0.343. The molecule has 102 valence electrons. The Morgan fingerprint density at radius 1 is 1.15 bits per heavy atom. The topological polar surface area (TPSA) is 86.9 Å². The van der Waals surface area contributed by atoms with E-state index in [1.165, 1.54) is 0 Å². The molecule has 0 aliphatic carbocycles. The van der Waals surface area contributed by atoms with Gasteiger partial charge in [-0.15, -0.1) is 0 Å². The molecule has 3 N–H and O–H groups in total. The predicted molar refractivity (Wildman–Crippen MR) is 73.6 cm³/mol. The molecule has 2 aromatic rings. The number of amides is 2. The van der Waals surface area contributed by atoms with E-state index in [0.29, 0.717) is 17.7 Å². The highest BCUT2D eigenvalue weighted by Gasteiger charge is 2.26. The van der Waals surface area contributed by atoms with E-state index in [0.717, 1.165) is 22.6 Å². The molecule has 0 saturated carbocycles. The van der Waals surface area contributed by atoms with Crippen molar-refractivity contribution < 1.29 is 9.59 Å². The van der Waals surface area contributed by atoms with Crippen molar-refractivity contribution in [1.82, 2.24) is 15.5 Å². The van der Waals surface area contributed by atoms with Crippen LogP contribution < -0.4 is 10.6 Å². The number of carbonyl (C=O) groups is 2. The molecule has 1 aliphatic heterocycles. The molecule has 0 radical (unpaired) electrons. The molecule has 0 unspecified atom stereocenters. The van der Waals surface area contributed by atoms with Gasteiger partial charge in [0.1, 0.15) is 0 Å². The summed E-state index contributed by atoms with van der Waals surface area (Å²) in [5.74, 6) is -0.678. The van der Waals surface area contributed by atoms with E-state index in [-0.39, 0.29) is 11.8 Å². The van der Waals surface area contributed by atoms with Gasteiger partial charge in [-0.05, 0) is 32.0 Å². The van der Waals surface area contributed by atoms with Crippen molar-refractivity contribution in [2.24, 2.45) is 0 Å². The second-order valence-electron chi connectivity index (χ2n) is 4.81. The molecule has 20 heavy (non-hydrogen) atoms. The number of carbonyl (C=O) groups excluding carboxylic acids is 2. The number of H-pyrrole nitrogens is 1. The zero-order valence-electron chi connectivity index (χ0n) is 11.2. The number of fused-ring (bicyclic) bond motifs is 1. The molecule has 3 rings (SSSR count). The summed E-state index contributed by atoms with van der Waals surface area (Å²) in [5, 5.41) is 12.6. The second kappa shape index (κ2) is 4.48. The van der Waals surface area contributed by atoms with Gasteiger partial charge in [0.05, 0.1) is 16.8 Å². The lowest BCUT2D eigenvalue weighted by atomic mass is 10.1. The van der Waals surface area contributed by atoms with Crippen LogP contribution in [0.15, 0.2) is 18.2 Å². The first-order valence-corrected chi connectivity index (χ1v) is 6.30. The van der Waals surface area contributed by atoms with Crippen molar-refractivity contribution in [1.29, 1.82) is 0 Å². The predicted octanol–water partition coefficient (Wildman–Crippen LogP) is 1.52. The third kappa shape index (κ3) is 1.95. The average Bonchev–Trinajstić information content (AvgIpc) is 2.89. The first-order valence-electron chi connectivity index (χ1n) is 6.30. The minimum absolute atomic E-state index is 0.335. The van der Waals surface area contributed by atoms with Crippen molar-refractivity contribution in [2.45, 2.75) is 20.4 Å². The van der Waals surface area contributed by atoms with Gasteiger partial charge in [0.15, 0.2) is 0 Å². The van der Waals surface area contributed by atoms with Crippen molar-refractivity contribution in [2.75, 3.05) is 5.32 Å². The summed E-state index contributed by atoms with van der Waals surface area (Å²) in [6.07, 6.45) is 0.